The van der Waals surface area contributed by atoms with Crippen LogP contribution in [0.15, 0.2) is 81.6 Å². The second kappa shape index (κ2) is 16.1. The van der Waals surface area contributed by atoms with Crippen molar-refractivity contribution in [3.63, 3.8) is 0 Å². The van der Waals surface area contributed by atoms with Crippen molar-refractivity contribution in [1.82, 2.24) is 19.6 Å². The predicted octanol–water partition coefficient (Wildman–Crippen LogP) is 6.21. The fraction of sp³-hybridized carbons (Fsp3) is 0.333. The van der Waals surface area contributed by atoms with Gasteiger partial charge in [-0.1, -0.05) is 10.2 Å². The van der Waals surface area contributed by atoms with Gasteiger partial charge in [0, 0.05) is 49.8 Å². The molecule has 41 heavy (non-hydrogen) atoms. The number of rotatable bonds is 6. The Kier molecular flexibility index (Phi) is 13.5. The van der Waals surface area contributed by atoms with Crippen LogP contribution < -0.4 is 18.9 Å². The van der Waals surface area contributed by atoms with E-state index >= 15 is 0 Å². The van der Waals surface area contributed by atoms with Crippen LogP contribution in [0.2, 0.25) is 0 Å². The molecule has 0 unspecified atom stereocenters. The third-order valence-corrected chi connectivity index (χ3v) is 5.25. The van der Waals surface area contributed by atoms with E-state index in [1.54, 1.807) is 22.0 Å². The molecule has 12 nitrogen and oxygen atoms in total. The summed E-state index contributed by atoms with van der Waals surface area (Å²) in [5, 5.41) is 24.9. The molecule has 0 radical (unpaired) electrons. The van der Waals surface area contributed by atoms with E-state index in [4.69, 9.17) is 38.8 Å². The topological polar surface area (TPSA) is 99.3 Å². The molecule has 0 fully saturated rings. The summed E-state index contributed by atoms with van der Waals surface area (Å²) >= 11 is 0. The summed E-state index contributed by atoms with van der Waals surface area (Å²) in [6, 6.07) is 15.8. The van der Waals surface area contributed by atoms with E-state index in [-0.39, 0.29) is 0 Å². The number of aryl methyl sites for hydroxylation is 4. The molecule has 0 spiro atoms. The van der Waals surface area contributed by atoms with Gasteiger partial charge in [-0.3, -0.25) is 0 Å². The van der Waals surface area contributed by atoms with Crippen LogP contribution >= 0.6 is 38.8 Å². The fourth-order valence-electron chi connectivity index (χ4n) is 3.08. The van der Waals surface area contributed by atoms with Crippen molar-refractivity contribution in [3.05, 3.63) is 61.2 Å². The number of benzene rings is 2. The summed E-state index contributed by atoms with van der Waals surface area (Å²) in [5.41, 5.74) is 3.92. The molecule has 17 heteroatoms. The van der Waals surface area contributed by atoms with Crippen LogP contribution in [0.5, 0.6) is 0 Å². The van der Waals surface area contributed by atoms with Gasteiger partial charge < -0.3 is 9.80 Å². The molecule has 220 valence electrons. The second-order valence-electron chi connectivity index (χ2n) is 9.16. The van der Waals surface area contributed by atoms with Crippen molar-refractivity contribution in [2.45, 2.75) is 0 Å². The Hall–Kier alpha value is -2.70. The van der Waals surface area contributed by atoms with Crippen molar-refractivity contribution in [2.75, 3.05) is 38.0 Å². The molecule has 0 aliphatic rings. The van der Waals surface area contributed by atoms with Crippen LogP contribution in [0.4, 0.5) is 34.6 Å². The molecule has 0 saturated heterocycles. The molecule has 0 amide bonds. The van der Waals surface area contributed by atoms with Gasteiger partial charge in [-0.15, -0.1) is 9.36 Å². The SMILES string of the molecule is CN(C)c1ccc(N=Nc2n(C)nc[n+]2C)cc1.CN(C)c1ccc(N=Nc2n(C)nc[n+]2C)cc1.[Cl][Zn-2]([Cl])([Cl])[Cl]. The van der Waals surface area contributed by atoms with Gasteiger partial charge in [-0.05, 0) is 58.7 Å². The van der Waals surface area contributed by atoms with Gasteiger partial charge >= 0.3 is 61.5 Å². The van der Waals surface area contributed by atoms with Gasteiger partial charge in [0.05, 0.1) is 39.6 Å². The van der Waals surface area contributed by atoms with Crippen molar-refractivity contribution < 1.29 is 19.9 Å². The van der Waals surface area contributed by atoms with E-state index < -0.39 is 10.8 Å². The summed E-state index contributed by atoms with van der Waals surface area (Å²) in [4.78, 5) is 4.09. The van der Waals surface area contributed by atoms with Crippen LogP contribution in [0.3, 0.4) is 0 Å². The standard InChI is InChI=1S/2C12H17N6.4ClH.Zn/c2*1-16(2)11-7-5-10(6-8-11)14-15-12-17(3)9-13-18(12)4;;;;;/h2*5-9H,1-4H3;4*1H;/q2*+1;;;;;+2/p-4. The zero-order valence-electron chi connectivity index (χ0n) is 24.4. The molecule has 0 aliphatic heterocycles. The summed E-state index contributed by atoms with van der Waals surface area (Å²) in [5.74, 6) is 1.40. The van der Waals surface area contributed by atoms with Crippen LogP contribution in [-0.2, 0) is 39.0 Å². The molecule has 0 N–H and O–H groups in total. The molecule has 0 aliphatic carbocycles. The molecular weight excluding hydrogens is 664 g/mol. The van der Waals surface area contributed by atoms with E-state index in [2.05, 4.69) is 30.7 Å². The monoisotopic (exact) mass is 694 g/mol. The number of hydrogen-bond donors (Lipinski definition) is 0. The molecule has 2 aromatic carbocycles. The number of halogens is 4. The summed E-state index contributed by atoms with van der Waals surface area (Å²) in [6.45, 7) is 0. The Morgan fingerprint density at radius 2 is 0.902 bits per heavy atom. The van der Waals surface area contributed by atoms with Crippen molar-refractivity contribution >= 4 is 73.4 Å². The molecular formula is C24H34Cl4N12Zn. The number of anilines is 2. The Balaban J connectivity index is 0.000000247. The first kappa shape index (κ1) is 34.5. The molecule has 0 atom stereocenters. The summed E-state index contributed by atoms with van der Waals surface area (Å²) in [6.07, 6.45) is 3.40. The predicted molar refractivity (Wildman–Crippen MR) is 162 cm³/mol. The van der Waals surface area contributed by atoms with Gasteiger partial charge in [0.15, 0.2) is 0 Å². The quantitative estimate of drug-likeness (QED) is 0.136. The summed E-state index contributed by atoms with van der Waals surface area (Å²) in [7, 11) is 32.3. The van der Waals surface area contributed by atoms with Crippen LogP contribution in [0, 0.1) is 0 Å². The third kappa shape index (κ3) is 12.4. The van der Waals surface area contributed by atoms with Crippen molar-refractivity contribution in [1.29, 1.82) is 0 Å². The van der Waals surface area contributed by atoms with Crippen LogP contribution in [0.25, 0.3) is 0 Å². The van der Waals surface area contributed by atoms with E-state index in [9.17, 15) is 0 Å². The first-order valence-electron chi connectivity index (χ1n) is 12.4. The van der Waals surface area contributed by atoms with E-state index in [0.717, 1.165) is 22.7 Å². The average molecular weight is 698 g/mol. The first-order valence-corrected chi connectivity index (χ1v) is 28.0. The number of nitrogens with zero attached hydrogens (tertiary/aromatic N) is 12. The number of azo groups is 2. The van der Waals surface area contributed by atoms with E-state index in [1.807, 2.05) is 124 Å². The third-order valence-electron chi connectivity index (χ3n) is 5.25. The van der Waals surface area contributed by atoms with Crippen LogP contribution in [-0.4, -0.2) is 47.8 Å². The van der Waals surface area contributed by atoms with E-state index in [1.165, 1.54) is 0 Å². The van der Waals surface area contributed by atoms with Crippen molar-refractivity contribution in [2.24, 2.45) is 48.6 Å². The Morgan fingerprint density at radius 3 is 1.12 bits per heavy atom. The second-order valence-corrected chi connectivity index (χ2v) is 36.9. The van der Waals surface area contributed by atoms with Gasteiger partial charge in [-0.25, -0.2) is 9.13 Å². The molecule has 4 rings (SSSR count). The van der Waals surface area contributed by atoms with Crippen molar-refractivity contribution in [3.8, 4) is 0 Å². The van der Waals surface area contributed by atoms with Gasteiger partial charge in [0.25, 0.3) is 0 Å². The van der Waals surface area contributed by atoms with Gasteiger partial charge in [0.1, 0.15) is 0 Å². The normalized spacial score (nSPS) is 11.2. The molecule has 2 heterocycles. The van der Waals surface area contributed by atoms with E-state index in [0.29, 0.717) is 11.9 Å². The minimum absolute atomic E-state index is 0.701. The minimum atomic E-state index is -3.36. The Bertz CT molecular complexity index is 1280. The van der Waals surface area contributed by atoms with Crippen LogP contribution in [0.1, 0.15) is 0 Å². The van der Waals surface area contributed by atoms with Gasteiger partial charge in [0.2, 0.25) is 12.7 Å². The number of hydrogen-bond acceptors (Lipinski definition) is 8. The molecule has 0 saturated carbocycles. The maximum atomic E-state index is 5.05. The van der Waals surface area contributed by atoms with Gasteiger partial charge in [-0.2, -0.15) is 0 Å². The first-order chi connectivity index (χ1) is 19.2. The average Bonchev–Trinajstić information content (AvgIpc) is 3.40. The Labute approximate surface area is 259 Å². The number of aromatic nitrogens is 6. The molecule has 4 aromatic rings. The molecule has 0 bridgehead atoms. The zero-order valence-corrected chi connectivity index (χ0v) is 30.3. The fourth-order valence-corrected chi connectivity index (χ4v) is 3.08. The zero-order chi connectivity index (χ0) is 30.7. The Morgan fingerprint density at radius 1 is 0.610 bits per heavy atom. The molecule has 2 aromatic heterocycles. The maximum absolute atomic E-state index is 5.05. The summed E-state index contributed by atoms with van der Waals surface area (Å²) < 4.78 is 6.99.